The van der Waals surface area contributed by atoms with E-state index in [2.05, 4.69) is 9.88 Å². The first-order valence-electron chi connectivity index (χ1n) is 9.48. The molecule has 6 nitrogen and oxygen atoms in total. The van der Waals surface area contributed by atoms with Gasteiger partial charge >= 0.3 is 0 Å². The largest absolute Gasteiger partial charge is 1.00 e. The Morgan fingerprint density at radius 2 is 1.93 bits per heavy atom. The summed E-state index contributed by atoms with van der Waals surface area (Å²) in [5.41, 5.74) is 2.78. The molecule has 8 heteroatoms. The first-order chi connectivity index (χ1) is 14.1. The Labute approximate surface area is 186 Å². The Hall–Kier alpha value is -2.70. The van der Waals surface area contributed by atoms with Crippen molar-refractivity contribution in [1.82, 2.24) is 4.57 Å². The SMILES string of the molecule is COc1ccc(OC)c(NC(=O)C[n+]2cc(-c3ccc(Cl)cc3)n3c2CCC3)c1.[Cl-]. The third kappa shape index (κ3) is 4.40. The van der Waals surface area contributed by atoms with Crippen LogP contribution in [0.1, 0.15) is 12.2 Å². The van der Waals surface area contributed by atoms with E-state index in [9.17, 15) is 4.79 Å². The number of benzene rings is 2. The highest BCUT2D eigenvalue weighted by molar-refractivity contribution is 6.30. The van der Waals surface area contributed by atoms with Crippen molar-refractivity contribution in [2.75, 3.05) is 19.5 Å². The number of nitrogens with zero attached hydrogens (tertiary/aromatic N) is 2. The number of carbonyl (C=O) groups excluding carboxylic acids is 1. The molecular weight excluding hydrogens is 425 g/mol. The quantitative estimate of drug-likeness (QED) is 0.566. The van der Waals surface area contributed by atoms with Gasteiger partial charge in [0.1, 0.15) is 17.7 Å². The highest BCUT2D eigenvalue weighted by Gasteiger charge is 2.29. The maximum absolute atomic E-state index is 12.8. The summed E-state index contributed by atoms with van der Waals surface area (Å²) in [6.07, 6.45) is 4.06. The number of methoxy groups -OCH3 is 2. The van der Waals surface area contributed by atoms with Gasteiger partial charge in [0.25, 0.3) is 11.7 Å². The van der Waals surface area contributed by atoms with Gasteiger partial charge in [-0.2, -0.15) is 0 Å². The van der Waals surface area contributed by atoms with Crippen molar-refractivity contribution >= 4 is 23.2 Å². The number of ether oxygens (including phenoxy) is 2. The molecule has 1 aliphatic heterocycles. The van der Waals surface area contributed by atoms with Gasteiger partial charge in [-0.3, -0.25) is 4.79 Å². The second-order valence-electron chi connectivity index (χ2n) is 6.93. The van der Waals surface area contributed by atoms with Crippen molar-refractivity contribution in [3.05, 3.63) is 59.5 Å². The van der Waals surface area contributed by atoms with Crippen molar-refractivity contribution < 1.29 is 31.2 Å². The maximum Gasteiger partial charge on any atom is 0.266 e. The van der Waals surface area contributed by atoms with E-state index in [1.165, 1.54) is 0 Å². The molecule has 158 valence electrons. The zero-order valence-corrected chi connectivity index (χ0v) is 18.3. The lowest BCUT2D eigenvalue weighted by molar-refractivity contribution is -0.690. The average Bonchev–Trinajstić information content (AvgIpc) is 3.32. The zero-order valence-electron chi connectivity index (χ0n) is 16.8. The number of fused-ring (bicyclic) bond motifs is 1. The summed E-state index contributed by atoms with van der Waals surface area (Å²) in [7, 11) is 3.16. The van der Waals surface area contributed by atoms with Crippen molar-refractivity contribution in [2.45, 2.75) is 25.9 Å². The van der Waals surface area contributed by atoms with E-state index in [0.717, 1.165) is 36.5 Å². The van der Waals surface area contributed by atoms with Crippen LogP contribution in [-0.4, -0.2) is 24.7 Å². The lowest BCUT2D eigenvalue weighted by atomic mass is 10.2. The molecule has 0 radical (unpaired) electrons. The van der Waals surface area contributed by atoms with Crippen LogP contribution in [0.2, 0.25) is 5.02 Å². The number of hydrogen-bond donors (Lipinski definition) is 1. The summed E-state index contributed by atoms with van der Waals surface area (Å²) in [5.74, 6) is 2.28. The number of aromatic nitrogens is 2. The van der Waals surface area contributed by atoms with Crippen LogP contribution in [0.5, 0.6) is 11.5 Å². The minimum Gasteiger partial charge on any atom is -1.00 e. The molecule has 1 N–H and O–H groups in total. The van der Waals surface area contributed by atoms with Gasteiger partial charge in [-0.15, -0.1) is 0 Å². The molecule has 0 spiro atoms. The molecule has 1 amide bonds. The second kappa shape index (κ2) is 9.41. The molecule has 0 saturated heterocycles. The number of hydrogen-bond acceptors (Lipinski definition) is 3. The summed E-state index contributed by atoms with van der Waals surface area (Å²) in [6.45, 7) is 1.18. The van der Waals surface area contributed by atoms with Crippen LogP contribution in [0, 0.1) is 0 Å². The third-order valence-corrected chi connectivity index (χ3v) is 5.38. The van der Waals surface area contributed by atoms with Crippen LogP contribution in [-0.2, 0) is 24.3 Å². The molecule has 0 aliphatic carbocycles. The first kappa shape index (κ1) is 22.0. The topological polar surface area (TPSA) is 56.4 Å². The second-order valence-corrected chi connectivity index (χ2v) is 7.37. The summed E-state index contributed by atoms with van der Waals surface area (Å²) in [4.78, 5) is 12.8. The minimum absolute atomic E-state index is 0. The van der Waals surface area contributed by atoms with Gasteiger partial charge in [0, 0.05) is 16.7 Å². The molecular formula is C22H23Cl2N3O3. The van der Waals surface area contributed by atoms with E-state index in [1.54, 1.807) is 32.4 Å². The molecule has 0 bridgehead atoms. The molecule has 0 unspecified atom stereocenters. The fourth-order valence-electron chi connectivity index (χ4n) is 3.75. The lowest BCUT2D eigenvalue weighted by Gasteiger charge is -2.11. The number of carbonyl (C=O) groups is 1. The molecule has 0 atom stereocenters. The Kier molecular flexibility index (Phi) is 6.90. The van der Waals surface area contributed by atoms with Gasteiger partial charge in [-0.1, -0.05) is 11.6 Å². The average molecular weight is 448 g/mol. The van der Waals surface area contributed by atoms with Gasteiger partial charge in [-0.05, 0) is 42.8 Å². The summed E-state index contributed by atoms with van der Waals surface area (Å²) < 4.78 is 14.9. The van der Waals surface area contributed by atoms with E-state index < -0.39 is 0 Å². The van der Waals surface area contributed by atoms with Gasteiger partial charge in [0.2, 0.25) is 0 Å². The van der Waals surface area contributed by atoms with Gasteiger partial charge < -0.3 is 27.2 Å². The molecule has 2 heterocycles. The van der Waals surface area contributed by atoms with Crippen LogP contribution >= 0.6 is 11.6 Å². The summed E-state index contributed by atoms with van der Waals surface area (Å²) in [6, 6.07) is 13.1. The van der Waals surface area contributed by atoms with Gasteiger partial charge in [-0.25, -0.2) is 9.13 Å². The highest BCUT2D eigenvalue weighted by Crippen LogP contribution is 2.29. The Morgan fingerprint density at radius 1 is 1.17 bits per heavy atom. The Bertz CT molecular complexity index is 1050. The van der Waals surface area contributed by atoms with E-state index in [0.29, 0.717) is 22.2 Å². The zero-order chi connectivity index (χ0) is 20.4. The molecule has 30 heavy (non-hydrogen) atoms. The number of halogens is 2. The Balaban J connectivity index is 0.00000256. The van der Waals surface area contributed by atoms with Crippen LogP contribution < -0.4 is 31.8 Å². The number of amides is 1. The fourth-order valence-corrected chi connectivity index (χ4v) is 3.88. The molecule has 3 aromatic rings. The van der Waals surface area contributed by atoms with Crippen LogP contribution in [0.15, 0.2) is 48.7 Å². The van der Waals surface area contributed by atoms with E-state index in [4.69, 9.17) is 21.1 Å². The monoisotopic (exact) mass is 447 g/mol. The first-order valence-corrected chi connectivity index (χ1v) is 9.86. The van der Waals surface area contributed by atoms with Crippen molar-refractivity contribution in [3.8, 4) is 22.8 Å². The number of rotatable bonds is 6. The predicted molar refractivity (Wildman–Crippen MR) is 112 cm³/mol. The summed E-state index contributed by atoms with van der Waals surface area (Å²) >= 11 is 6.03. The van der Waals surface area contributed by atoms with Crippen LogP contribution in [0.3, 0.4) is 0 Å². The molecule has 2 aromatic carbocycles. The number of imidazole rings is 1. The predicted octanol–water partition coefficient (Wildman–Crippen LogP) is 0.702. The maximum atomic E-state index is 12.8. The van der Waals surface area contributed by atoms with Crippen LogP contribution in [0.4, 0.5) is 5.69 Å². The van der Waals surface area contributed by atoms with Crippen LogP contribution in [0.25, 0.3) is 11.3 Å². The third-order valence-electron chi connectivity index (χ3n) is 5.13. The normalized spacial score (nSPS) is 12.1. The smallest absolute Gasteiger partial charge is 0.266 e. The van der Waals surface area contributed by atoms with Gasteiger partial charge in [0.05, 0.1) is 32.9 Å². The summed E-state index contributed by atoms with van der Waals surface area (Å²) in [5, 5.41) is 3.65. The molecule has 0 saturated carbocycles. The fraction of sp³-hybridized carbons (Fsp3) is 0.273. The standard InChI is InChI=1S/C22H22ClN3O3.ClH/c1-28-17-9-10-20(29-2)18(12-17)24-21(27)14-25-13-19(26-11-3-4-22(25)26)15-5-7-16(23)8-6-15;/h5-10,12-13H,3-4,11,14H2,1-2H3;1H. The van der Waals surface area contributed by atoms with E-state index in [-0.39, 0.29) is 24.9 Å². The van der Waals surface area contributed by atoms with Gasteiger partial charge in [0.15, 0.2) is 12.2 Å². The molecule has 1 aliphatic rings. The van der Waals surface area contributed by atoms with Crippen molar-refractivity contribution in [3.63, 3.8) is 0 Å². The number of nitrogens with one attached hydrogen (secondary N) is 1. The van der Waals surface area contributed by atoms with Crippen molar-refractivity contribution in [2.24, 2.45) is 0 Å². The number of anilines is 1. The Morgan fingerprint density at radius 3 is 2.63 bits per heavy atom. The van der Waals surface area contributed by atoms with Crippen molar-refractivity contribution in [1.29, 1.82) is 0 Å². The molecule has 1 aromatic heterocycles. The molecule has 4 rings (SSSR count). The molecule has 0 fully saturated rings. The van der Waals surface area contributed by atoms with E-state index in [1.807, 2.05) is 35.0 Å². The van der Waals surface area contributed by atoms with E-state index >= 15 is 0 Å². The highest BCUT2D eigenvalue weighted by atomic mass is 35.5. The lowest BCUT2D eigenvalue weighted by Crippen LogP contribution is -3.00. The minimum atomic E-state index is -0.121.